The fourth-order valence-corrected chi connectivity index (χ4v) is 2.49. The smallest absolute Gasteiger partial charge is 0.317 e. The molecule has 4 nitrogen and oxygen atoms in total. The highest BCUT2D eigenvalue weighted by Crippen LogP contribution is 2.29. The minimum absolute atomic E-state index is 0.0301. The van der Waals surface area contributed by atoms with Crippen LogP contribution in [0.5, 0.6) is 5.75 Å². The summed E-state index contributed by atoms with van der Waals surface area (Å²) in [5.74, 6) is -0.637. The summed E-state index contributed by atoms with van der Waals surface area (Å²) >= 11 is 0. The molecule has 1 unspecified atom stereocenters. The Bertz CT molecular complexity index is 639. The first-order valence-electron chi connectivity index (χ1n) is 7.18. The second kappa shape index (κ2) is 6.59. The standard InChI is InChI=1S/C17H21NO3/c1-3-12(2)18(11-17(20)21)10-15-14-7-5-4-6-13(14)8-9-16(15)19/h4-9,12,19H,3,10-11H2,1-2H3,(H,20,21). The number of aliphatic carboxylic acids is 1. The lowest BCUT2D eigenvalue weighted by atomic mass is 10.0. The van der Waals surface area contributed by atoms with Gasteiger partial charge < -0.3 is 10.2 Å². The van der Waals surface area contributed by atoms with Crippen LogP contribution in [-0.4, -0.2) is 33.7 Å². The van der Waals surface area contributed by atoms with Crippen molar-refractivity contribution in [3.8, 4) is 5.75 Å². The van der Waals surface area contributed by atoms with E-state index in [1.807, 2.05) is 49.1 Å². The van der Waals surface area contributed by atoms with Crippen molar-refractivity contribution in [1.82, 2.24) is 4.90 Å². The molecule has 0 spiro atoms. The lowest BCUT2D eigenvalue weighted by Gasteiger charge is -2.27. The highest BCUT2D eigenvalue weighted by Gasteiger charge is 2.18. The van der Waals surface area contributed by atoms with Crippen LogP contribution in [0.1, 0.15) is 25.8 Å². The predicted octanol–water partition coefficient (Wildman–Crippen LogP) is 3.23. The van der Waals surface area contributed by atoms with Crippen molar-refractivity contribution >= 4 is 16.7 Å². The molecule has 2 N–H and O–H groups in total. The van der Waals surface area contributed by atoms with Crippen LogP contribution in [0, 0.1) is 0 Å². The van der Waals surface area contributed by atoms with E-state index in [-0.39, 0.29) is 18.3 Å². The van der Waals surface area contributed by atoms with Crippen molar-refractivity contribution < 1.29 is 15.0 Å². The van der Waals surface area contributed by atoms with Crippen molar-refractivity contribution in [3.05, 3.63) is 42.0 Å². The molecule has 4 heteroatoms. The van der Waals surface area contributed by atoms with Gasteiger partial charge in [-0.2, -0.15) is 0 Å². The Morgan fingerprint density at radius 2 is 1.95 bits per heavy atom. The topological polar surface area (TPSA) is 60.8 Å². The number of carbonyl (C=O) groups is 1. The monoisotopic (exact) mass is 287 g/mol. The first-order valence-corrected chi connectivity index (χ1v) is 7.18. The number of carboxylic acid groups (broad SMARTS) is 1. The van der Waals surface area contributed by atoms with Gasteiger partial charge >= 0.3 is 5.97 Å². The van der Waals surface area contributed by atoms with Crippen LogP contribution < -0.4 is 0 Å². The Balaban J connectivity index is 2.40. The minimum atomic E-state index is -0.852. The number of benzene rings is 2. The third kappa shape index (κ3) is 3.52. The summed E-state index contributed by atoms with van der Waals surface area (Å²) in [4.78, 5) is 12.9. The van der Waals surface area contributed by atoms with Gasteiger partial charge in [0.15, 0.2) is 0 Å². The zero-order valence-electron chi connectivity index (χ0n) is 12.4. The second-order valence-corrected chi connectivity index (χ2v) is 5.34. The fraction of sp³-hybridized carbons (Fsp3) is 0.353. The van der Waals surface area contributed by atoms with E-state index in [1.165, 1.54) is 0 Å². The molecule has 0 aliphatic rings. The normalized spacial score (nSPS) is 12.7. The Hall–Kier alpha value is -2.07. The third-order valence-electron chi connectivity index (χ3n) is 3.93. The summed E-state index contributed by atoms with van der Waals surface area (Å²) < 4.78 is 0. The number of hydrogen-bond donors (Lipinski definition) is 2. The quantitative estimate of drug-likeness (QED) is 0.856. The molecule has 0 aromatic heterocycles. The van der Waals surface area contributed by atoms with Crippen molar-refractivity contribution in [1.29, 1.82) is 0 Å². The van der Waals surface area contributed by atoms with E-state index in [0.29, 0.717) is 6.54 Å². The van der Waals surface area contributed by atoms with Crippen molar-refractivity contribution in [2.45, 2.75) is 32.9 Å². The van der Waals surface area contributed by atoms with Crippen LogP contribution >= 0.6 is 0 Å². The van der Waals surface area contributed by atoms with Crippen molar-refractivity contribution in [3.63, 3.8) is 0 Å². The fourth-order valence-electron chi connectivity index (χ4n) is 2.49. The van der Waals surface area contributed by atoms with Gasteiger partial charge in [0.05, 0.1) is 6.54 Å². The molecule has 1 atom stereocenters. The first-order chi connectivity index (χ1) is 10.0. The van der Waals surface area contributed by atoms with Gasteiger partial charge in [0.25, 0.3) is 0 Å². The molecule has 0 saturated heterocycles. The van der Waals surface area contributed by atoms with Gasteiger partial charge in [0.1, 0.15) is 5.75 Å². The third-order valence-corrected chi connectivity index (χ3v) is 3.93. The maximum atomic E-state index is 11.1. The molecule has 2 aromatic carbocycles. The molecule has 2 aromatic rings. The molecule has 0 fully saturated rings. The number of fused-ring (bicyclic) bond motifs is 1. The molecule has 0 heterocycles. The summed E-state index contributed by atoms with van der Waals surface area (Å²) in [5.41, 5.74) is 0.787. The van der Waals surface area contributed by atoms with E-state index in [1.54, 1.807) is 6.07 Å². The molecular formula is C17H21NO3. The summed E-state index contributed by atoms with van der Waals surface area (Å²) in [6.07, 6.45) is 0.860. The highest BCUT2D eigenvalue weighted by atomic mass is 16.4. The van der Waals surface area contributed by atoms with Crippen LogP contribution in [0.4, 0.5) is 0 Å². The highest BCUT2D eigenvalue weighted by molar-refractivity contribution is 5.87. The summed E-state index contributed by atoms with van der Waals surface area (Å²) in [6, 6.07) is 11.5. The SMILES string of the molecule is CCC(C)N(CC(=O)O)Cc1c(O)ccc2ccccc12. The van der Waals surface area contributed by atoms with Crippen LogP contribution in [0.3, 0.4) is 0 Å². The van der Waals surface area contributed by atoms with E-state index in [9.17, 15) is 9.90 Å². The average molecular weight is 287 g/mol. The Morgan fingerprint density at radius 1 is 1.24 bits per heavy atom. The molecule has 2 rings (SSSR count). The van der Waals surface area contributed by atoms with Gasteiger partial charge in [0, 0.05) is 18.2 Å². The van der Waals surface area contributed by atoms with Crippen LogP contribution in [0.25, 0.3) is 10.8 Å². The number of carboxylic acids is 1. The van der Waals surface area contributed by atoms with Gasteiger partial charge in [-0.05, 0) is 30.2 Å². The van der Waals surface area contributed by atoms with E-state index >= 15 is 0 Å². The number of phenols is 1. The number of rotatable bonds is 6. The van der Waals surface area contributed by atoms with E-state index in [2.05, 4.69) is 0 Å². The molecule has 112 valence electrons. The number of hydrogen-bond acceptors (Lipinski definition) is 3. The molecule has 0 aliphatic heterocycles. The number of nitrogens with zero attached hydrogens (tertiary/aromatic N) is 1. The zero-order valence-corrected chi connectivity index (χ0v) is 12.4. The predicted molar refractivity (Wildman–Crippen MR) is 83.4 cm³/mol. The largest absolute Gasteiger partial charge is 0.508 e. The van der Waals surface area contributed by atoms with Gasteiger partial charge in [-0.25, -0.2) is 0 Å². The van der Waals surface area contributed by atoms with Crippen molar-refractivity contribution in [2.24, 2.45) is 0 Å². The van der Waals surface area contributed by atoms with Gasteiger partial charge in [-0.15, -0.1) is 0 Å². The lowest BCUT2D eigenvalue weighted by Crippen LogP contribution is -2.36. The van der Waals surface area contributed by atoms with Crippen molar-refractivity contribution in [2.75, 3.05) is 6.54 Å². The van der Waals surface area contributed by atoms with Gasteiger partial charge in [-0.3, -0.25) is 9.69 Å². The maximum absolute atomic E-state index is 11.1. The Morgan fingerprint density at radius 3 is 2.62 bits per heavy atom. The molecule has 0 saturated carbocycles. The van der Waals surface area contributed by atoms with Gasteiger partial charge in [-0.1, -0.05) is 37.3 Å². The summed E-state index contributed by atoms with van der Waals surface area (Å²) in [5, 5.41) is 21.3. The number of aromatic hydroxyl groups is 1. The maximum Gasteiger partial charge on any atom is 0.317 e. The van der Waals surface area contributed by atoms with E-state index < -0.39 is 5.97 Å². The Labute approximate surface area is 124 Å². The summed E-state index contributed by atoms with van der Waals surface area (Å²) in [7, 11) is 0. The number of phenolic OH excluding ortho intramolecular Hbond substituents is 1. The minimum Gasteiger partial charge on any atom is -0.508 e. The first kappa shape index (κ1) is 15.3. The molecule has 0 radical (unpaired) electrons. The zero-order chi connectivity index (χ0) is 15.4. The van der Waals surface area contributed by atoms with E-state index in [0.717, 1.165) is 22.8 Å². The molecule has 0 amide bonds. The Kier molecular flexibility index (Phi) is 4.81. The summed E-state index contributed by atoms with van der Waals surface area (Å²) in [6.45, 7) is 4.43. The van der Waals surface area contributed by atoms with Crippen LogP contribution in [0.15, 0.2) is 36.4 Å². The van der Waals surface area contributed by atoms with Crippen LogP contribution in [-0.2, 0) is 11.3 Å². The van der Waals surface area contributed by atoms with Crippen LogP contribution in [0.2, 0.25) is 0 Å². The molecule has 0 bridgehead atoms. The molecule has 0 aliphatic carbocycles. The average Bonchev–Trinajstić information content (AvgIpc) is 2.48. The molecule has 21 heavy (non-hydrogen) atoms. The molecular weight excluding hydrogens is 266 g/mol. The lowest BCUT2D eigenvalue weighted by molar-refractivity contribution is -0.139. The second-order valence-electron chi connectivity index (χ2n) is 5.34. The van der Waals surface area contributed by atoms with E-state index in [4.69, 9.17) is 5.11 Å². The van der Waals surface area contributed by atoms with Gasteiger partial charge in [0.2, 0.25) is 0 Å².